The van der Waals surface area contributed by atoms with E-state index in [1.165, 1.54) is 18.6 Å². The van der Waals surface area contributed by atoms with Crippen molar-refractivity contribution >= 4 is 45.6 Å². The lowest BCUT2D eigenvalue weighted by molar-refractivity contribution is -0.138. The molecule has 0 fully saturated rings. The number of aryl methyl sites for hydroxylation is 1. The molecule has 2 aromatic heterocycles. The maximum absolute atomic E-state index is 13.3. The zero-order valence-electron chi connectivity index (χ0n) is 17.9. The van der Waals surface area contributed by atoms with Gasteiger partial charge in [-0.2, -0.15) is 13.2 Å². The van der Waals surface area contributed by atoms with Gasteiger partial charge in [0.05, 0.1) is 24.4 Å². The number of aromatic nitrogens is 3. The molecule has 0 aliphatic heterocycles. The van der Waals surface area contributed by atoms with E-state index in [1.807, 2.05) is 6.92 Å². The largest absolute Gasteiger partial charge is 0.496 e. The number of amides is 1. The Morgan fingerprint density at radius 2 is 1.85 bits per heavy atom. The molecule has 7 nitrogen and oxygen atoms in total. The molecule has 1 amide bonds. The molecule has 0 saturated heterocycles. The molecule has 0 radical (unpaired) electrons. The summed E-state index contributed by atoms with van der Waals surface area (Å²) >= 11 is 6.00. The van der Waals surface area contributed by atoms with E-state index in [2.05, 4.69) is 25.6 Å². The van der Waals surface area contributed by atoms with E-state index in [0.29, 0.717) is 22.4 Å². The molecule has 4 aromatic rings. The summed E-state index contributed by atoms with van der Waals surface area (Å²) in [7, 11) is 1.15. The van der Waals surface area contributed by atoms with E-state index in [9.17, 15) is 18.0 Å². The minimum atomic E-state index is -4.63. The van der Waals surface area contributed by atoms with E-state index in [-0.39, 0.29) is 22.2 Å². The number of benzene rings is 2. The molecule has 2 heterocycles. The maximum Gasteiger partial charge on any atom is 0.420 e. The molecule has 0 atom stereocenters. The quantitative estimate of drug-likeness (QED) is 0.335. The summed E-state index contributed by atoms with van der Waals surface area (Å²) in [5, 5.41) is 6.56. The van der Waals surface area contributed by atoms with Crippen molar-refractivity contribution in [2.45, 2.75) is 13.1 Å². The average molecular weight is 488 g/mol. The van der Waals surface area contributed by atoms with Gasteiger partial charge in [-0.15, -0.1) is 0 Å². The summed E-state index contributed by atoms with van der Waals surface area (Å²) in [6.07, 6.45) is -1.74. The summed E-state index contributed by atoms with van der Waals surface area (Å²) in [6, 6.07) is 9.80. The number of alkyl halides is 3. The van der Waals surface area contributed by atoms with Gasteiger partial charge in [-0.05, 0) is 48.9 Å². The number of rotatable bonds is 5. The second-order valence-electron chi connectivity index (χ2n) is 7.27. The normalized spacial score (nSPS) is 11.4. The molecule has 0 aliphatic rings. The van der Waals surface area contributed by atoms with Crippen molar-refractivity contribution in [2.24, 2.45) is 0 Å². The lowest BCUT2D eigenvalue weighted by Gasteiger charge is -2.15. The fourth-order valence-corrected chi connectivity index (χ4v) is 3.43. The first-order chi connectivity index (χ1) is 16.2. The zero-order chi connectivity index (χ0) is 24.5. The van der Waals surface area contributed by atoms with Crippen LogP contribution in [0.25, 0.3) is 10.9 Å². The van der Waals surface area contributed by atoms with Crippen LogP contribution in [-0.4, -0.2) is 28.0 Å². The molecule has 34 heavy (non-hydrogen) atoms. The maximum atomic E-state index is 13.3. The van der Waals surface area contributed by atoms with E-state index < -0.39 is 17.6 Å². The number of carbonyl (C=O) groups is 1. The van der Waals surface area contributed by atoms with Gasteiger partial charge in [-0.1, -0.05) is 17.7 Å². The van der Waals surface area contributed by atoms with Crippen molar-refractivity contribution in [1.82, 2.24) is 15.0 Å². The lowest BCUT2D eigenvalue weighted by atomic mass is 10.1. The van der Waals surface area contributed by atoms with Gasteiger partial charge in [0.1, 0.15) is 23.0 Å². The Labute approximate surface area is 197 Å². The first-order valence-corrected chi connectivity index (χ1v) is 10.2. The lowest BCUT2D eigenvalue weighted by Crippen LogP contribution is -2.14. The van der Waals surface area contributed by atoms with Crippen LogP contribution in [0.15, 0.2) is 55.0 Å². The second-order valence-corrected chi connectivity index (χ2v) is 7.66. The molecule has 0 unspecified atom stereocenters. The molecule has 11 heteroatoms. The molecule has 2 N–H and O–H groups in total. The van der Waals surface area contributed by atoms with E-state index in [1.54, 1.807) is 24.3 Å². The van der Waals surface area contributed by atoms with Crippen molar-refractivity contribution in [3.63, 3.8) is 0 Å². The molecule has 2 aromatic carbocycles. The fourth-order valence-electron chi connectivity index (χ4n) is 3.27. The van der Waals surface area contributed by atoms with Crippen molar-refractivity contribution in [1.29, 1.82) is 0 Å². The Hall–Kier alpha value is -3.92. The van der Waals surface area contributed by atoms with Gasteiger partial charge >= 0.3 is 6.18 Å². The number of fused-ring (bicyclic) bond motifs is 1. The monoisotopic (exact) mass is 487 g/mol. The molecule has 0 bridgehead atoms. The van der Waals surface area contributed by atoms with Crippen LogP contribution in [0.4, 0.5) is 30.4 Å². The topological polar surface area (TPSA) is 89.0 Å². The highest BCUT2D eigenvalue weighted by Crippen LogP contribution is 2.38. The number of ether oxygens (including phenoxy) is 1. The number of nitrogens with one attached hydrogen (secondary N) is 2. The summed E-state index contributed by atoms with van der Waals surface area (Å²) < 4.78 is 44.7. The molecular formula is C23H17ClF3N5O2. The SMILES string of the molecule is COc1ccc(NC(=O)c2ccc(C)c(Nc3ncnc4cnc(Cl)cc34)c2)cc1C(F)(F)F. The van der Waals surface area contributed by atoms with Crippen LogP contribution in [-0.2, 0) is 6.18 Å². The molecular weight excluding hydrogens is 471 g/mol. The number of carbonyl (C=O) groups excluding carboxylic acids is 1. The summed E-state index contributed by atoms with van der Waals surface area (Å²) in [5.74, 6) is -0.458. The van der Waals surface area contributed by atoms with Gasteiger partial charge in [-0.3, -0.25) is 4.79 Å². The van der Waals surface area contributed by atoms with Gasteiger partial charge in [0, 0.05) is 22.3 Å². The third-order valence-corrected chi connectivity index (χ3v) is 5.21. The van der Waals surface area contributed by atoms with Crippen LogP contribution < -0.4 is 15.4 Å². The van der Waals surface area contributed by atoms with Crippen LogP contribution >= 0.6 is 11.6 Å². The van der Waals surface area contributed by atoms with Gasteiger partial charge in [0.15, 0.2) is 0 Å². The van der Waals surface area contributed by atoms with Crippen molar-refractivity contribution in [3.8, 4) is 5.75 Å². The second kappa shape index (κ2) is 9.14. The third-order valence-electron chi connectivity index (χ3n) is 5.00. The molecule has 0 aliphatic carbocycles. The number of nitrogens with zero attached hydrogens (tertiary/aromatic N) is 3. The average Bonchev–Trinajstić information content (AvgIpc) is 2.80. The standard InChI is InChI=1S/C23H17ClF3N5O2/c1-12-3-4-13(22(33)31-14-5-6-19(34-2)16(8-14)23(25,26)27)7-17(12)32-21-15-9-20(24)28-10-18(15)29-11-30-21/h3-11H,1-2H3,(H,31,33)(H,29,30,32). The van der Waals surface area contributed by atoms with Gasteiger partial charge in [-0.25, -0.2) is 15.0 Å². The number of hydrogen-bond donors (Lipinski definition) is 2. The van der Waals surface area contributed by atoms with Crippen LogP contribution in [0.5, 0.6) is 5.75 Å². The number of pyridine rings is 1. The first-order valence-electron chi connectivity index (χ1n) is 9.86. The summed E-state index contributed by atoms with van der Waals surface area (Å²) in [6.45, 7) is 1.83. The van der Waals surface area contributed by atoms with Gasteiger partial charge in [0.2, 0.25) is 0 Å². The molecule has 0 spiro atoms. The summed E-state index contributed by atoms with van der Waals surface area (Å²) in [5.41, 5.74) is 1.20. The van der Waals surface area contributed by atoms with Crippen molar-refractivity contribution < 1.29 is 22.7 Å². The van der Waals surface area contributed by atoms with Gasteiger partial charge in [0.25, 0.3) is 5.91 Å². The predicted octanol–water partition coefficient (Wildman–Crippen LogP) is 6.01. The highest BCUT2D eigenvalue weighted by molar-refractivity contribution is 6.30. The Bertz CT molecular complexity index is 1400. The number of methoxy groups -OCH3 is 1. The number of halogens is 4. The minimum Gasteiger partial charge on any atom is -0.496 e. The van der Waals surface area contributed by atoms with Crippen LogP contribution in [0, 0.1) is 6.92 Å². The number of hydrogen-bond acceptors (Lipinski definition) is 6. The third kappa shape index (κ3) is 4.86. The van der Waals surface area contributed by atoms with Gasteiger partial charge < -0.3 is 15.4 Å². The number of anilines is 3. The van der Waals surface area contributed by atoms with E-state index >= 15 is 0 Å². The Morgan fingerprint density at radius 3 is 2.59 bits per heavy atom. The molecule has 4 rings (SSSR count). The fraction of sp³-hybridized carbons (Fsp3) is 0.130. The zero-order valence-corrected chi connectivity index (χ0v) is 18.6. The predicted molar refractivity (Wildman–Crippen MR) is 123 cm³/mol. The molecule has 174 valence electrons. The van der Waals surface area contributed by atoms with Crippen LogP contribution in [0.2, 0.25) is 5.15 Å². The smallest absolute Gasteiger partial charge is 0.420 e. The van der Waals surface area contributed by atoms with Crippen molar-refractivity contribution in [2.75, 3.05) is 17.7 Å². The molecule has 0 saturated carbocycles. The highest BCUT2D eigenvalue weighted by Gasteiger charge is 2.34. The van der Waals surface area contributed by atoms with Crippen LogP contribution in [0.1, 0.15) is 21.5 Å². The Kier molecular flexibility index (Phi) is 6.25. The highest BCUT2D eigenvalue weighted by atomic mass is 35.5. The first kappa shape index (κ1) is 23.2. The Balaban J connectivity index is 1.62. The van der Waals surface area contributed by atoms with Crippen LogP contribution in [0.3, 0.4) is 0 Å². The van der Waals surface area contributed by atoms with Crippen molar-refractivity contribution in [3.05, 3.63) is 76.8 Å². The van der Waals surface area contributed by atoms with E-state index in [4.69, 9.17) is 16.3 Å². The Morgan fingerprint density at radius 1 is 1.06 bits per heavy atom. The summed E-state index contributed by atoms with van der Waals surface area (Å²) in [4.78, 5) is 25.2. The van der Waals surface area contributed by atoms with E-state index in [0.717, 1.165) is 24.8 Å². The minimum absolute atomic E-state index is 0.0165.